The van der Waals surface area contributed by atoms with Gasteiger partial charge in [-0.3, -0.25) is 4.79 Å². The van der Waals surface area contributed by atoms with Crippen molar-refractivity contribution in [2.75, 3.05) is 13.1 Å². The minimum Gasteiger partial charge on any atom is -0.317 e. The first-order valence-electron chi connectivity index (χ1n) is 7.53. The molecule has 1 fully saturated rings. The lowest BCUT2D eigenvalue weighted by Crippen LogP contribution is -2.45. The molecule has 2 aliphatic rings. The highest BCUT2D eigenvalue weighted by Crippen LogP contribution is 2.48. The van der Waals surface area contributed by atoms with Crippen LogP contribution in [0.1, 0.15) is 28.8 Å². The molecule has 1 N–H and O–H groups in total. The van der Waals surface area contributed by atoms with Gasteiger partial charge in [0.1, 0.15) is 5.82 Å². The number of benzene rings is 2. The summed E-state index contributed by atoms with van der Waals surface area (Å²) in [5.74, 6) is -0.274. The molecule has 23 heavy (non-hydrogen) atoms. The molecule has 2 nitrogen and oxygen atoms in total. The highest BCUT2D eigenvalue weighted by atomic mass is 35.5. The third-order valence-corrected chi connectivity index (χ3v) is 5.85. The number of carbonyl (C=O) groups excluding carboxylic acids is 1. The lowest BCUT2D eigenvalue weighted by Gasteiger charge is -2.36. The fraction of sp³-hybridized carbons (Fsp3) is 0.278. The van der Waals surface area contributed by atoms with E-state index in [0.29, 0.717) is 5.56 Å². The van der Waals surface area contributed by atoms with Crippen molar-refractivity contribution in [3.8, 4) is 0 Å². The van der Waals surface area contributed by atoms with Gasteiger partial charge in [0.05, 0.1) is 5.41 Å². The van der Waals surface area contributed by atoms with Gasteiger partial charge in [0.15, 0.2) is 5.78 Å². The second kappa shape index (κ2) is 6.27. The van der Waals surface area contributed by atoms with Crippen LogP contribution in [-0.4, -0.2) is 18.9 Å². The van der Waals surface area contributed by atoms with E-state index in [-0.39, 0.29) is 24.0 Å². The number of hydrogen-bond acceptors (Lipinski definition) is 3. The largest absolute Gasteiger partial charge is 0.317 e. The number of halogens is 2. The van der Waals surface area contributed by atoms with Crippen molar-refractivity contribution in [1.82, 2.24) is 5.32 Å². The molecule has 1 saturated heterocycles. The molecule has 0 aromatic heterocycles. The summed E-state index contributed by atoms with van der Waals surface area (Å²) >= 11 is 1.58. The second-order valence-electron chi connectivity index (χ2n) is 5.90. The van der Waals surface area contributed by atoms with Crippen LogP contribution in [0.2, 0.25) is 0 Å². The van der Waals surface area contributed by atoms with E-state index in [9.17, 15) is 9.18 Å². The summed E-state index contributed by atoms with van der Waals surface area (Å²) in [6.07, 6.45) is 1.53. The summed E-state index contributed by atoms with van der Waals surface area (Å²) in [6.45, 7) is 1.63. The van der Waals surface area contributed by atoms with Crippen LogP contribution in [0.5, 0.6) is 0 Å². The maximum atomic E-state index is 13.7. The van der Waals surface area contributed by atoms with Gasteiger partial charge in [-0.25, -0.2) is 4.39 Å². The van der Waals surface area contributed by atoms with Gasteiger partial charge in [0, 0.05) is 15.4 Å². The first-order valence-corrected chi connectivity index (χ1v) is 8.35. The van der Waals surface area contributed by atoms with E-state index in [1.807, 2.05) is 12.1 Å². The fourth-order valence-corrected chi connectivity index (χ4v) is 4.72. The van der Waals surface area contributed by atoms with Crippen LogP contribution in [0, 0.1) is 5.82 Å². The van der Waals surface area contributed by atoms with Gasteiger partial charge in [0.2, 0.25) is 0 Å². The van der Waals surface area contributed by atoms with Crippen LogP contribution in [0.4, 0.5) is 4.39 Å². The Balaban J connectivity index is 0.00000156. The number of piperidine rings is 1. The third kappa shape index (κ3) is 2.59. The normalized spacial score (nSPS) is 18.6. The summed E-state index contributed by atoms with van der Waals surface area (Å²) in [5, 5.41) is 3.33. The Kier molecular flexibility index (Phi) is 4.50. The van der Waals surface area contributed by atoms with Crippen molar-refractivity contribution < 1.29 is 9.18 Å². The van der Waals surface area contributed by atoms with Crippen molar-refractivity contribution >= 4 is 30.0 Å². The molecule has 1 spiro atoms. The lowest BCUT2D eigenvalue weighted by molar-refractivity contribution is 0.0842. The molecular weight excluding hydrogens is 333 g/mol. The van der Waals surface area contributed by atoms with Crippen molar-refractivity contribution in [1.29, 1.82) is 0 Å². The number of ketones is 1. The van der Waals surface area contributed by atoms with Crippen molar-refractivity contribution in [3.63, 3.8) is 0 Å². The molecule has 4 rings (SSSR count). The number of fused-ring (bicyclic) bond motifs is 3. The minimum absolute atomic E-state index is 0. The van der Waals surface area contributed by atoms with E-state index in [2.05, 4.69) is 17.4 Å². The first kappa shape index (κ1) is 16.5. The Hall–Kier alpha value is -1.36. The third-order valence-electron chi connectivity index (χ3n) is 4.70. The molecule has 2 aromatic rings. The highest BCUT2D eigenvalue weighted by molar-refractivity contribution is 7.99. The molecule has 0 bridgehead atoms. The number of nitrogens with one attached hydrogen (secondary N) is 1. The number of Topliss-reactive ketones (excluding diaryl/α,β-unsaturated/α-hetero) is 1. The summed E-state index contributed by atoms with van der Waals surface area (Å²) < 4.78 is 13.7. The standard InChI is InChI=1S/C18H16FNOS.ClH/c19-12-5-6-15-13(11-12)17(21)18(7-9-20-10-8-18)14-3-1-2-4-16(14)22-15;/h1-6,11,20H,7-10H2;1H. The zero-order valence-corrected chi connectivity index (χ0v) is 14.1. The van der Waals surface area contributed by atoms with Crippen LogP contribution < -0.4 is 5.32 Å². The average Bonchev–Trinajstić information content (AvgIpc) is 2.65. The van der Waals surface area contributed by atoms with E-state index in [4.69, 9.17) is 0 Å². The summed E-state index contributed by atoms with van der Waals surface area (Å²) in [6, 6.07) is 12.7. The molecule has 0 amide bonds. The topological polar surface area (TPSA) is 29.1 Å². The summed E-state index contributed by atoms with van der Waals surface area (Å²) in [7, 11) is 0. The average molecular weight is 350 g/mol. The smallest absolute Gasteiger partial charge is 0.174 e. The quantitative estimate of drug-likeness (QED) is 0.772. The lowest BCUT2D eigenvalue weighted by atomic mass is 9.68. The number of hydrogen-bond donors (Lipinski definition) is 1. The molecular formula is C18H17ClFNOS. The van der Waals surface area contributed by atoms with Gasteiger partial charge in [-0.2, -0.15) is 0 Å². The predicted octanol–water partition coefficient (Wildman–Crippen LogP) is 4.22. The van der Waals surface area contributed by atoms with Crippen molar-refractivity contribution in [2.45, 2.75) is 28.0 Å². The van der Waals surface area contributed by atoms with Gasteiger partial charge in [-0.1, -0.05) is 30.0 Å². The Labute approximate surface area is 145 Å². The maximum Gasteiger partial charge on any atom is 0.174 e. The molecule has 0 unspecified atom stereocenters. The van der Waals surface area contributed by atoms with E-state index in [1.165, 1.54) is 12.1 Å². The monoisotopic (exact) mass is 349 g/mol. The highest BCUT2D eigenvalue weighted by Gasteiger charge is 2.45. The van der Waals surface area contributed by atoms with E-state index in [1.54, 1.807) is 17.8 Å². The van der Waals surface area contributed by atoms with E-state index < -0.39 is 5.41 Å². The molecule has 2 aromatic carbocycles. The van der Waals surface area contributed by atoms with E-state index in [0.717, 1.165) is 41.3 Å². The Bertz CT molecular complexity index is 758. The van der Waals surface area contributed by atoms with Gasteiger partial charge in [-0.15, -0.1) is 12.4 Å². The molecule has 0 radical (unpaired) electrons. The van der Waals surface area contributed by atoms with Crippen LogP contribution in [0.15, 0.2) is 52.3 Å². The Morgan fingerprint density at radius 2 is 1.78 bits per heavy atom. The number of rotatable bonds is 0. The van der Waals surface area contributed by atoms with Gasteiger partial charge < -0.3 is 5.32 Å². The summed E-state index contributed by atoms with van der Waals surface area (Å²) in [4.78, 5) is 15.3. The fourth-order valence-electron chi connectivity index (χ4n) is 3.57. The Morgan fingerprint density at radius 1 is 1.04 bits per heavy atom. The zero-order valence-electron chi connectivity index (χ0n) is 12.5. The van der Waals surface area contributed by atoms with E-state index >= 15 is 0 Å². The molecule has 0 aliphatic carbocycles. The maximum absolute atomic E-state index is 13.7. The van der Waals surface area contributed by atoms with Crippen molar-refractivity contribution in [3.05, 3.63) is 59.4 Å². The van der Waals surface area contributed by atoms with Gasteiger partial charge in [0.25, 0.3) is 0 Å². The summed E-state index contributed by atoms with van der Waals surface area (Å²) in [5.41, 5.74) is 1.11. The molecule has 5 heteroatoms. The van der Waals surface area contributed by atoms with Gasteiger partial charge in [-0.05, 0) is 55.8 Å². The predicted molar refractivity (Wildman–Crippen MR) is 92.3 cm³/mol. The molecule has 2 aliphatic heterocycles. The zero-order chi connectivity index (χ0) is 15.2. The number of carbonyl (C=O) groups is 1. The van der Waals surface area contributed by atoms with Crippen LogP contribution in [-0.2, 0) is 5.41 Å². The van der Waals surface area contributed by atoms with Gasteiger partial charge >= 0.3 is 0 Å². The van der Waals surface area contributed by atoms with Crippen LogP contribution >= 0.6 is 24.2 Å². The first-order chi connectivity index (χ1) is 10.7. The van der Waals surface area contributed by atoms with Crippen LogP contribution in [0.3, 0.4) is 0 Å². The Morgan fingerprint density at radius 3 is 2.57 bits per heavy atom. The minimum atomic E-state index is -0.520. The molecule has 0 saturated carbocycles. The molecule has 0 atom stereocenters. The van der Waals surface area contributed by atoms with Crippen LogP contribution in [0.25, 0.3) is 0 Å². The molecule has 2 heterocycles. The van der Waals surface area contributed by atoms with Crippen molar-refractivity contribution in [2.24, 2.45) is 0 Å². The second-order valence-corrected chi connectivity index (χ2v) is 6.98. The SMILES string of the molecule is Cl.O=C1c2cc(F)ccc2Sc2ccccc2C12CCNCC2. The molecule has 120 valence electrons.